The van der Waals surface area contributed by atoms with E-state index >= 15 is 0 Å². The minimum atomic E-state index is -0.0375. The molecule has 0 aromatic carbocycles. The van der Waals surface area contributed by atoms with E-state index in [9.17, 15) is 4.79 Å². The Labute approximate surface area is 117 Å². The summed E-state index contributed by atoms with van der Waals surface area (Å²) in [6.07, 6.45) is 19.0. The molecule has 0 bridgehead atoms. The summed E-state index contributed by atoms with van der Waals surface area (Å²) in [5.74, 6) is -0.0375. The van der Waals surface area contributed by atoms with Crippen molar-refractivity contribution in [1.82, 2.24) is 9.88 Å². The van der Waals surface area contributed by atoms with Crippen LogP contribution in [0.3, 0.4) is 0 Å². The second-order valence-electron chi connectivity index (χ2n) is 4.68. The highest BCUT2D eigenvalue weighted by atomic mass is 16.1. The molecule has 0 radical (unpaired) electrons. The first-order chi connectivity index (χ1) is 9.74. The molecule has 0 saturated heterocycles. The number of ketones is 1. The van der Waals surface area contributed by atoms with Gasteiger partial charge in [0.15, 0.2) is 0 Å². The molecule has 98 valence electrons. The van der Waals surface area contributed by atoms with Crippen molar-refractivity contribution < 1.29 is 4.79 Å². The summed E-state index contributed by atoms with van der Waals surface area (Å²) < 4.78 is 0. The maximum atomic E-state index is 11.8. The molecule has 3 nitrogen and oxygen atoms in total. The number of carbonyl (C=O) groups excluding carboxylic acids is 1. The maximum absolute atomic E-state index is 11.8. The van der Waals surface area contributed by atoms with Crippen molar-refractivity contribution in [1.29, 1.82) is 0 Å². The minimum Gasteiger partial charge on any atom is -0.357 e. The molecule has 0 spiro atoms. The SMILES string of the molecule is CN1C=CC(=CC=c2ccnc3c2=CC=CC3=O)C=C1. The van der Waals surface area contributed by atoms with Crippen LogP contribution in [0, 0.1) is 0 Å². The van der Waals surface area contributed by atoms with Gasteiger partial charge in [0, 0.05) is 30.9 Å². The number of carbonyl (C=O) groups is 1. The van der Waals surface area contributed by atoms with Crippen molar-refractivity contribution in [3.05, 3.63) is 76.7 Å². The molecule has 20 heavy (non-hydrogen) atoms. The number of fused-ring (bicyclic) bond motifs is 1. The van der Waals surface area contributed by atoms with Gasteiger partial charge in [-0.1, -0.05) is 24.3 Å². The van der Waals surface area contributed by atoms with Gasteiger partial charge in [0.05, 0.1) is 0 Å². The second-order valence-corrected chi connectivity index (χ2v) is 4.68. The van der Waals surface area contributed by atoms with Crippen molar-refractivity contribution in [2.75, 3.05) is 7.05 Å². The number of pyridine rings is 1. The van der Waals surface area contributed by atoms with Crippen molar-refractivity contribution in [2.45, 2.75) is 0 Å². The van der Waals surface area contributed by atoms with Gasteiger partial charge in [-0.2, -0.15) is 0 Å². The Morgan fingerprint density at radius 1 is 1.15 bits per heavy atom. The van der Waals surface area contributed by atoms with E-state index in [0.29, 0.717) is 5.69 Å². The van der Waals surface area contributed by atoms with Crippen molar-refractivity contribution in [2.24, 2.45) is 0 Å². The van der Waals surface area contributed by atoms with Crippen LogP contribution in [0.1, 0.15) is 10.5 Å². The fourth-order valence-electron chi connectivity index (χ4n) is 2.13. The third kappa shape index (κ3) is 2.38. The molecule has 0 atom stereocenters. The predicted octanol–water partition coefficient (Wildman–Crippen LogP) is 1.29. The lowest BCUT2D eigenvalue weighted by Crippen LogP contribution is -2.32. The summed E-state index contributed by atoms with van der Waals surface area (Å²) in [5, 5.41) is 1.89. The zero-order chi connectivity index (χ0) is 13.9. The van der Waals surface area contributed by atoms with E-state index in [4.69, 9.17) is 0 Å². The molecule has 3 rings (SSSR count). The molecular weight excluding hydrogens is 248 g/mol. The lowest BCUT2D eigenvalue weighted by atomic mass is 10.1. The monoisotopic (exact) mass is 262 g/mol. The third-order valence-corrected chi connectivity index (χ3v) is 3.23. The maximum Gasteiger partial charge on any atom is 0.204 e. The van der Waals surface area contributed by atoms with Crippen LogP contribution >= 0.6 is 0 Å². The first-order valence-electron chi connectivity index (χ1n) is 6.42. The largest absolute Gasteiger partial charge is 0.357 e. The van der Waals surface area contributed by atoms with E-state index in [1.165, 1.54) is 0 Å². The molecule has 1 aliphatic heterocycles. The topological polar surface area (TPSA) is 33.2 Å². The highest BCUT2D eigenvalue weighted by Gasteiger charge is 2.08. The van der Waals surface area contributed by atoms with Gasteiger partial charge in [0.1, 0.15) is 5.69 Å². The number of allylic oxidation sites excluding steroid dienone is 6. The number of rotatable bonds is 1. The summed E-state index contributed by atoms with van der Waals surface area (Å²) in [5.41, 5.74) is 1.64. The molecule has 0 N–H and O–H groups in total. The molecule has 0 unspecified atom stereocenters. The van der Waals surface area contributed by atoms with Crippen LogP contribution in [-0.2, 0) is 0 Å². The highest BCUT2D eigenvalue weighted by Crippen LogP contribution is 2.07. The number of hydrogen-bond acceptors (Lipinski definition) is 3. The molecule has 0 fully saturated rings. The molecule has 2 heterocycles. The van der Waals surface area contributed by atoms with Crippen LogP contribution < -0.4 is 10.4 Å². The van der Waals surface area contributed by atoms with Crippen molar-refractivity contribution in [3.63, 3.8) is 0 Å². The van der Waals surface area contributed by atoms with Crippen LogP contribution in [0.4, 0.5) is 0 Å². The average Bonchev–Trinajstić information content (AvgIpc) is 2.47. The summed E-state index contributed by atoms with van der Waals surface area (Å²) in [7, 11) is 1.99. The predicted molar refractivity (Wildman–Crippen MR) is 80.0 cm³/mol. The van der Waals surface area contributed by atoms with Crippen molar-refractivity contribution in [3.8, 4) is 0 Å². The van der Waals surface area contributed by atoms with E-state index in [1.54, 1.807) is 18.3 Å². The van der Waals surface area contributed by atoms with Crippen molar-refractivity contribution >= 4 is 17.9 Å². The van der Waals surface area contributed by atoms with Crippen LogP contribution in [-0.4, -0.2) is 22.7 Å². The molecule has 1 aliphatic carbocycles. The fourth-order valence-corrected chi connectivity index (χ4v) is 2.13. The van der Waals surface area contributed by atoms with Gasteiger partial charge >= 0.3 is 0 Å². The molecule has 2 aliphatic rings. The van der Waals surface area contributed by atoms with Crippen LogP contribution in [0.2, 0.25) is 0 Å². The number of nitrogens with zero attached hydrogens (tertiary/aromatic N) is 2. The van der Waals surface area contributed by atoms with Gasteiger partial charge in [-0.05, 0) is 35.1 Å². The Bertz CT molecular complexity index is 779. The van der Waals surface area contributed by atoms with Gasteiger partial charge in [0.25, 0.3) is 0 Å². The minimum absolute atomic E-state index is 0.0375. The van der Waals surface area contributed by atoms with E-state index < -0.39 is 0 Å². The lowest BCUT2D eigenvalue weighted by molar-refractivity contribution is 0.104. The quantitative estimate of drug-likeness (QED) is 0.764. The summed E-state index contributed by atoms with van der Waals surface area (Å²) in [6, 6.07) is 1.92. The molecule has 0 saturated carbocycles. The molecule has 1 aromatic heterocycles. The molecule has 0 amide bonds. The van der Waals surface area contributed by atoms with Crippen LogP contribution in [0.15, 0.2) is 60.6 Å². The molecular formula is C17H14N2O. The Kier molecular flexibility index (Phi) is 3.17. The van der Waals surface area contributed by atoms with Gasteiger partial charge in [-0.15, -0.1) is 0 Å². The highest BCUT2D eigenvalue weighted by molar-refractivity contribution is 6.05. The number of hydrogen-bond donors (Lipinski definition) is 0. The van der Waals surface area contributed by atoms with Gasteiger partial charge < -0.3 is 4.90 Å². The molecule has 3 heteroatoms. The number of aromatic nitrogens is 1. The summed E-state index contributed by atoms with van der Waals surface area (Å²) in [6.45, 7) is 0. The summed E-state index contributed by atoms with van der Waals surface area (Å²) in [4.78, 5) is 17.9. The standard InChI is InChI=1S/C17H14N2O/c1-19-11-8-13(9-12-19)5-6-14-7-10-18-17-15(14)3-2-4-16(17)20/h2-12H,1H3. The van der Waals surface area contributed by atoms with Crippen LogP contribution in [0.5, 0.6) is 0 Å². The van der Waals surface area contributed by atoms with E-state index in [-0.39, 0.29) is 5.78 Å². The Morgan fingerprint density at radius 3 is 2.75 bits per heavy atom. The normalized spacial score (nSPS) is 17.2. The fraction of sp³-hybridized carbons (Fsp3) is 0.0588. The third-order valence-electron chi connectivity index (χ3n) is 3.23. The Balaban J connectivity index is 2.07. The molecule has 1 aromatic rings. The smallest absolute Gasteiger partial charge is 0.204 e. The van der Waals surface area contributed by atoms with Gasteiger partial charge in [0.2, 0.25) is 5.78 Å². The first-order valence-corrected chi connectivity index (χ1v) is 6.42. The van der Waals surface area contributed by atoms with Crippen LogP contribution in [0.25, 0.3) is 12.2 Å². The first kappa shape index (κ1) is 12.4. The van der Waals surface area contributed by atoms with E-state index in [2.05, 4.69) is 4.98 Å². The lowest BCUT2D eigenvalue weighted by Gasteiger charge is -2.11. The average molecular weight is 262 g/mol. The Hall–Kier alpha value is -2.68. The van der Waals surface area contributed by atoms with Gasteiger partial charge in [-0.3, -0.25) is 9.78 Å². The van der Waals surface area contributed by atoms with E-state index in [1.807, 2.05) is 60.8 Å². The van der Waals surface area contributed by atoms with E-state index in [0.717, 1.165) is 16.0 Å². The Morgan fingerprint density at radius 2 is 1.95 bits per heavy atom. The van der Waals surface area contributed by atoms with Gasteiger partial charge in [-0.25, -0.2) is 0 Å². The summed E-state index contributed by atoms with van der Waals surface area (Å²) >= 11 is 0. The second kappa shape index (κ2) is 5.13. The zero-order valence-corrected chi connectivity index (χ0v) is 11.2. The zero-order valence-electron chi connectivity index (χ0n) is 11.2.